The fourth-order valence-electron chi connectivity index (χ4n) is 1.76. The second-order valence-corrected chi connectivity index (χ2v) is 4.06. The van der Waals surface area contributed by atoms with Crippen LogP contribution in [0.25, 0.3) is 11.1 Å². The Kier molecular flexibility index (Phi) is 3.85. The molecule has 0 fully saturated rings. The quantitative estimate of drug-likeness (QED) is 0.383. The van der Waals surface area contributed by atoms with Crippen LogP contribution in [-0.2, 0) is 0 Å². The minimum absolute atomic E-state index is 0.00194. The van der Waals surface area contributed by atoms with Gasteiger partial charge in [0, 0.05) is 17.2 Å². The highest BCUT2D eigenvalue weighted by Gasteiger charge is 2.08. The molecule has 0 aliphatic heterocycles. The average Bonchev–Trinajstić information content (AvgIpc) is 2.39. The Morgan fingerprint density at radius 3 is 2.45 bits per heavy atom. The summed E-state index contributed by atoms with van der Waals surface area (Å²) in [5.74, 6) is -0.156. The van der Waals surface area contributed by atoms with Crippen LogP contribution in [0.5, 0.6) is 11.5 Å². The van der Waals surface area contributed by atoms with Gasteiger partial charge in [-0.1, -0.05) is 24.3 Å². The molecule has 20 heavy (non-hydrogen) atoms. The molecule has 0 saturated carbocycles. The summed E-state index contributed by atoms with van der Waals surface area (Å²) in [5.41, 5.74) is 12.4. The van der Waals surface area contributed by atoms with E-state index in [9.17, 15) is 10.2 Å². The summed E-state index contributed by atoms with van der Waals surface area (Å²) in [4.78, 5) is 0. The van der Waals surface area contributed by atoms with Gasteiger partial charge >= 0.3 is 0 Å². The average molecular weight is 270 g/mol. The standard InChI is InChI=1S/C14H14N4O2/c15-14(16)18-17-8-9-3-1-2-4-11(9)12-6-5-10(19)7-13(12)20/h1-8,19-20H,(H4,15,16,18)/b17-8+. The number of hydrogen-bond donors (Lipinski definition) is 4. The molecular formula is C14H14N4O2. The van der Waals surface area contributed by atoms with E-state index in [4.69, 9.17) is 11.5 Å². The third-order valence-electron chi connectivity index (χ3n) is 2.60. The number of rotatable bonds is 3. The second-order valence-electron chi connectivity index (χ2n) is 4.06. The minimum atomic E-state index is -0.133. The van der Waals surface area contributed by atoms with Gasteiger partial charge in [-0.2, -0.15) is 5.10 Å². The zero-order chi connectivity index (χ0) is 14.5. The number of benzene rings is 2. The third-order valence-corrected chi connectivity index (χ3v) is 2.60. The van der Waals surface area contributed by atoms with Gasteiger partial charge in [-0.25, -0.2) is 0 Å². The molecule has 6 heteroatoms. The Morgan fingerprint density at radius 1 is 1.00 bits per heavy atom. The van der Waals surface area contributed by atoms with Crippen LogP contribution in [0.15, 0.2) is 52.7 Å². The Hall–Kier alpha value is -3.02. The molecule has 0 amide bonds. The molecule has 0 radical (unpaired) electrons. The van der Waals surface area contributed by atoms with Crippen LogP contribution in [0.4, 0.5) is 0 Å². The first kappa shape index (κ1) is 13.4. The van der Waals surface area contributed by atoms with Crippen molar-refractivity contribution in [1.82, 2.24) is 0 Å². The normalized spacial score (nSPS) is 10.6. The van der Waals surface area contributed by atoms with Gasteiger partial charge in [0.2, 0.25) is 5.96 Å². The predicted octanol–water partition coefficient (Wildman–Crippen LogP) is 1.37. The lowest BCUT2D eigenvalue weighted by molar-refractivity contribution is 0.452. The molecule has 2 aromatic carbocycles. The molecule has 0 aromatic heterocycles. The summed E-state index contributed by atoms with van der Waals surface area (Å²) >= 11 is 0. The minimum Gasteiger partial charge on any atom is -0.508 e. The van der Waals surface area contributed by atoms with E-state index in [1.54, 1.807) is 6.07 Å². The molecule has 0 heterocycles. The van der Waals surface area contributed by atoms with E-state index in [-0.39, 0.29) is 17.5 Å². The molecule has 0 aliphatic carbocycles. The van der Waals surface area contributed by atoms with Crippen molar-refractivity contribution in [2.75, 3.05) is 0 Å². The molecular weight excluding hydrogens is 256 g/mol. The van der Waals surface area contributed by atoms with E-state index in [0.29, 0.717) is 5.56 Å². The van der Waals surface area contributed by atoms with E-state index in [1.807, 2.05) is 24.3 Å². The molecule has 0 saturated heterocycles. The van der Waals surface area contributed by atoms with E-state index < -0.39 is 0 Å². The first-order chi connectivity index (χ1) is 9.58. The van der Waals surface area contributed by atoms with Crippen LogP contribution in [-0.4, -0.2) is 22.4 Å². The lowest BCUT2D eigenvalue weighted by Crippen LogP contribution is -2.21. The molecule has 6 N–H and O–H groups in total. The van der Waals surface area contributed by atoms with Crippen molar-refractivity contribution in [3.8, 4) is 22.6 Å². The maximum absolute atomic E-state index is 9.91. The largest absolute Gasteiger partial charge is 0.508 e. The first-order valence-electron chi connectivity index (χ1n) is 5.81. The van der Waals surface area contributed by atoms with Gasteiger partial charge in [-0.3, -0.25) is 0 Å². The monoisotopic (exact) mass is 270 g/mol. The zero-order valence-corrected chi connectivity index (χ0v) is 10.6. The second kappa shape index (κ2) is 5.75. The summed E-state index contributed by atoms with van der Waals surface area (Å²) in [6.07, 6.45) is 1.49. The predicted molar refractivity (Wildman–Crippen MR) is 78.6 cm³/mol. The lowest BCUT2D eigenvalue weighted by atomic mass is 9.99. The van der Waals surface area contributed by atoms with Gasteiger partial charge in [-0.05, 0) is 17.7 Å². The molecule has 2 aromatic rings. The summed E-state index contributed by atoms with van der Waals surface area (Å²) in [5, 5.41) is 26.5. The van der Waals surface area contributed by atoms with Gasteiger partial charge < -0.3 is 21.7 Å². The van der Waals surface area contributed by atoms with Crippen molar-refractivity contribution < 1.29 is 10.2 Å². The Labute approximate surface area is 115 Å². The van der Waals surface area contributed by atoms with E-state index >= 15 is 0 Å². The van der Waals surface area contributed by atoms with Crippen LogP contribution in [0.2, 0.25) is 0 Å². The van der Waals surface area contributed by atoms with E-state index in [1.165, 1.54) is 18.3 Å². The highest BCUT2D eigenvalue weighted by molar-refractivity contribution is 5.92. The Morgan fingerprint density at radius 2 is 1.75 bits per heavy atom. The molecule has 0 bridgehead atoms. The molecule has 0 spiro atoms. The van der Waals surface area contributed by atoms with Gasteiger partial charge in [-0.15, -0.1) is 5.10 Å². The Balaban J connectivity index is 2.47. The van der Waals surface area contributed by atoms with Crippen LogP contribution < -0.4 is 11.5 Å². The van der Waals surface area contributed by atoms with Crippen LogP contribution in [0, 0.1) is 0 Å². The molecule has 0 unspecified atom stereocenters. The summed E-state index contributed by atoms with van der Waals surface area (Å²) in [7, 11) is 0. The van der Waals surface area contributed by atoms with Crippen molar-refractivity contribution in [2.45, 2.75) is 0 Å². The van der Waals surface area contributed by atoms with Gasteiger partial charge in [0.05, 0.1) is 6.21 Å². The van der Waals surface area contributed by atoms with E-state index in [2.05, 4.69) is 10.2 Å². The van der Waals surface area contributed by atoms with Crippen molar-refractivity contribution in [3.05, 3.63) is 48.0 Å². The number of aromatic hydroxyl groups is 2. The van der Waals surface area contributed by atoms with Crippen molar-refractivity contribution in [3.63, 3.8) is 0 Å². The SMILES string of the molecule is NC(N)=N/N=C/c1ccccc1-c1ccc(O)cc1O. The molecule has 102 valence electrons. The van der Waals surface area contributed by atoms with Crippen LogP contribution >= 0.6 is 0 Å². The Bertz CT molecular complexity index is 677. The maximum atomic E-state index is 9.91. The van der Waals surface area contributed by atoms with Crippen molar-refractivity contribution in [2.24, 2.45) is 21.7 Å². The molecule has 0 aliphatic rings. The third kappa shape index (κ3) is 3.05. The number of nitrogens with zero attached hydrogens (tertiary/aromatic N) is 2. The topological polar surface area (TPSA) is 117 Å². The molecule has 0 atom stereocenters. The fraction of sp³-hybridized carbons (Fsp3) is 0. The number of guanidine groups is 1. The van der Waals surface area contributed by atoms with E-state index in [0.717, 1.165) is 11.1 Å². The number of phenolic OH excluding ortho intramolecular Hbond substituents is 2. The number of hydrogen-bond acceptors (Lipinski definition) is 4. The molecule has 6 nitrogen and oxygen atoms in total. The summed E-state index contributed by atoms with van der Waals surface area (Å²) in [6, 6.07) is 11.7. The number of nitrogens with two attached hydrogens (primary N) is 2. The van der Waals surface area contributed by atoms with Crippen LogP contribution in [0.3, 0.4) is 0 Å². The highest BCUT2D eigenvalue weighted by Crippen LogP contribution is 2.33. The number of phenols is 2. The smallest absolute Gasteiger partial charge is 0.211 e. The van der Waals surface area contributed by atoms with Crippen molar-refractivity contribution in [1.29, 1.82) is 0 Å². The maximum Gasteiger partial charge on any atom is 0.211 e. The van der Waals surface area contributed by atoms with Crippen LogP contribution in [0.1, 0.15) is 5.56 Å². The summed E-state index contributed by atoms with van der Waals surface area (Å²) in [6.45, 7) is 0. The van der Waals surface area contributed by atoms with Gasteiger partial charge in [0.1, 0.15) is 11.5 Å². The van der Waals surface area contributed by atoms with Gasteiger partial charge in [0.15, 0.2) is 0 Å². The summed E-state index contributed by atoms with van der Waals surface area (Å²) < 4.78 is 0. The first-order valence-corrected chi connectivity index (χ1v) is 5.81. The fourth-order valence-corrected chi connectivity index (χ4v) is 1.76. The molecule has 2 rings (SSSR count). The van der Waals surface area contributed by atoms with Gasteiger partial charge in [0.25, 0.3) is 0 Å². The lowest BCUT2D eigenvalue weighted by Gasteiger charge is -2.08. The highest BCUT2D eigenvalue weighted by atomic mass is 16.3. The zero-order valence-electron chi connectivity index (χ0n) is 10.6. The van der Waals surface area contributed by atoms with Crippen molar-refractivity contribution >= 4 is 12.2 Å².